The Hall–Kier alpha value is -1.52. The number of hydrogen-bond acceptors (Lipinski definition) is 7. The minimum Gasteiger partial charge on any atom is -0.497 e. The van der Waals surface area contributed by atoms with Crippen molar-refractivity contribution in [3.8, 4) is 5.75 Å². The first-order valence-electron chi connectivity index (χ1n) is 8.96. The SMILES string of the molecule is COc1ccc2sc(N(CCN3CCOCC3)C(=O)c3ccc(Br)s3)nc2c1. The predicted molar refractivity (Wildman–Crippen MR) is 117 cm³/mol. The third-order valence-corrected chi connectivity index (χ3v) is 7.26. The monoisotopic (exact) mass is 481 g/mol. The zero-order valence-corrected chi connectivity index (χ0v) is 18.6. The summed E-state index contributed by atoms with van der Waals surface area (Å²) in [6.07, 6.45) is 0. The highest BCUT2D eigenvalue weighted by molar-refractivity contribution is 9.11. The van der Waals surface area contributed by atoms with E-state index in [9.17, 15) is 4.79 Å². The lowest BCUT2D eigenvalue weighted by atomic mass is 10.3. The number of ether oxygens (including phenoxy) is 2. The standard InChI is InChI=1S/C19H20BrN3O3S2/c1-25-13-2-3-15-14(12-13)21-19(28-15)23(7-6-22-8-10-26-11-9-22)18(24)16-4-5-17(20)27-16/h2-5,12H,6-11H2,1H3. The molecule has 1 aromatic carbocycles. The Kier molecular flexibility index (Phi) is 6.27. The molecular formula is C19H20BrN3O3S2. The number of carbonyl (C=O) groups excluding carboxylic acids is 1. The Morgan fingerprint density at radius 2 is 2.11 bits per heavy atom. The minimum atomic E-state index is -0.0185. The number of thiophene rings is 1. The van der Waals surface area contributed by atoms with Gasteiger partial charge in [-0.05, 0) is 40.2 Å². The second-order valence-electron chi connectivity index (χ2n) is 6.34. The molecule has 3 aromatic rings. The van der Waals surface area contributed by atoms with Gasteiger partial charge in [-0.2, -0.15) is 0 Å². The summed E-state index contributed by atoms with van der Waals surface area (Å²) in [6.45, 7) is 4.65. The van der Waals surface area contributed by atoms with Gasteiger partial charge in [-0.25, -0.2) is 4.98 Å². The molecule has 0 aliphatic carbocycles. The number of morpholine rings is 1. The molecule has 28 heavy (non-hydrogen) atoms. The lowest BCUT2D eigenvalue weighted by Crippen LogP contribution is -2.43. The highest BCUT2D eigenvalue weighted by atomic mass is 79.9. The summed E-state index contributed by atoms with van der Waals surface area (Å²) in [6, 6.07) is 9.57. The molecule has 2 aromatic heterocycles. The van der Waals surface area contributed by atoms with Crippen molar-refractivity contribution in [3.05, 3.63) is 39.0 Å². The highest BCUT2D eigenvalue weighted by Gasteiger charge is 2.24. The van der Waals surface area contributed by atoms with E-state index < -0.39 is 0 Å². The normalized spacial score (nSPS) is 15.1. The predicted octanol–water partition coefficient (Wildman–Crippen LogP) is 4.11. The van der Waals surface area contributed by atoms with E-state index in [1.807, 2.05) is 30.3 Å². The van der Waals surface area contributed by atoms with Crippen LogP contribution in [0, 0.1) is 0 Å². The lowest BCUT2D eigenvalue weighted by molar-refractivity contribution is 0.0391. The van der Waals surface area contributed by atoms with Crippen LogP contribution in [0.4, 0.5) is 5.13 Å². The lowest BCUT2D eigenvalue weighted by Gasteiger charge is -2.29. The Bertz CT molecular complexity index is 968. The van der Waals surface area contributed by atoms with Crippen LogP contribution >= 0.6 is 38.6 Å². The van der Waals surface area contributed by atoms with Gasteiger partial charge in [0.15, 0.2) is 5.13 Å². The second-order valence-corrected chi connectivity index (χ2v) is 9.82. The van der Waals surface area contributed by atoms with Crippen molar-refractivity contribution < 1.29 is 14.3 Å². The summed E-state index contributed by atoms with van der Waals surface area (Å²) in [7, 11) is 1.64. The van der Waals surface area contributed by atoms with Gasteiger partial charge in [0.1, 0.15) is 5.75 Å². The van der Waals surface area contributed by atoms with E-state index in [1.54, 1.807) is 12.0 Å². The van der Waals surface area contributed by atoms with Crippen LogP contribution in [0.2, 0.25) is 0 Å². The van der Waals surface area contributed by atoms with Crippen molar-refractivity contribution >= 4 is 59.9 Å². The van der Waals surface area contributed by atoms with Crippen molar-refractivity contribution in [3.63, 3.8) is 0 Å². The summed E-state index contributed by atoms with van der Waals surface area (Å²) in [5.41, 5.74) is 0.843. The van der Waals surface area contributed by atoms with E-state index in [4.69, 9.17) is 14.5 Å². The summed E-state index contributed by atoms with van der Waals surface area (Å²) in [4.78, 5) is 22.8. The average molecular weight is 482 g/mol. The number of benzene rings is 1. The van der Waals surface area contributed by atoms with Crippen molar-refractivity contribution in [2.24, 2.45) is 0 Å². The zero-order chi connectivity index (χ0) is 19.5. The maximum absolute atomic E-state index is 13.2. The Morgan fingerprint density at radius 3 is 2.82 bits per heavy atom. The molecule has 0 atom stereocenters. The molecule has 0 N–H and O–H groups in total. The second kappa shape index (κ2) is 8.87. The summed E-state index contributed by atoms with van der Waals surface area (Å²) < 4.78 is 12.7. The Labute approximate surface area is 179 Å². The summed E-state index contributed by atoms with van der Waals surface area (Å²) >= 11 is 6.42. The third-order valence-electron chi connectivity index (χ3n) is 4.59. The molecular weight excluding hydrogens is 462 g/mol. The summed E-state index contributed by atoms with van der Waals surface area (Å²) in [5.74, 6) is 0.743. The maximum Gasteiger partial charge on any atom is 0.270 e. The number of methoxy groups -OCH3 is 1. The topological polar surface area (TPSA) is 54.9 Å². The molecule has 0 unspecified atom stereocenters. The fourth-order valence-electron chi connectivity index (χ4n) is 3.05. The van der Waals surface area contributed by atoms with E-state index in [1.165, 1.54) is 22.7 Å². The number of hydrogen-bond donors (Lipinski definition) is 0. The molecule has 1 amide bonds. The van der Waals surface area contributed by atoms with E-state index in [0.717, 1.165) is 52.6 Å². The fraction of sp³-hybridized carbons (Fsp3) is 0.368. The Balaban J connectivity index is 1.62. The number of carbonyl (C=O) groups is 1. The number of amides is 1. The van der Waals surface area contributed by atoms with Crippen LogP contribution in [0.5, 0.6) is 5.75 Å². The zero-order valence-electron chi connectivity index (χ0n) is 15.4. The molecule has 0 saturated carbocycles. The van der Waals surface area contributed by atoms with E-state index >= 15 is 0 Å². The molecule has 1 aliphatic rings. The van der Waals surface area contributed by atoms with Gasteiger partial charge in [-0.1, -0.05) is 11.3 Å². The average Bonchev–Trinajstić information content (AvgIpc) is 3.34. The number of halogens is 1. The third kappa shape index (κ3) is 4.38. The van der Waals surface area contributed by atoms with Crippen LogP contribution in [-0.2, 0) is 4.74 Å². The van der Waals surface area contributed by atoms with Crippen LogP contribution in [0.25, 0.3) is 10.2 Å². The highest BCUT2D eigenvalue weighted by Crippen LogP contribution is 2.33. The van der Waals surface area contributed by atoms with Crippen LogP contribution in [0.15, 0.2) is 34.1 Å². The van der Waals surface area contributed by atoms with Gasteiger partial charge in [-0.15, -0.1) is 11.3 Å². The molecule has 3 heterocycles. The molecule has 1 aliphatic heterocycles. The number of rotatable bonds is 6. The van der Waals surface area contributed by atoms with Gasteiger partial charge in [0.25, 0.3) is 5.91 Å². The first kappa shape index (κ1) is 19.8. The van der Waals surface area contributed by atoms with Crippen molar-refractivity contribution in [1.82, 2.24) is 9.88 Å². The molecule has 0 radical (unpaired) electrons. The number of nitrogens with zero attached hydrogens (tertiary/aromatic N) is 3. The van der Waals surface area contributed by atoms with E-state index in [-0.39, 0.29) is 5.91 Å². The molecule has 1 fully saturated rings. The van der Waals surface area contributed by atoms with Crippen LogP contribution in [-0.4, -0.2) is 62.3 Å². The minimum absolute atomic E-state index is 0.0185. The number of anilines is 1. The van der Waals surface area contributed by atoms with Crippen molar-refractivity contribution in [2.75, 3.05) is 51.4 Å². The summed E-state index contributed by atoms with van der Waals surface area (Å²) in [5, 5.41) is 0.714. The Morgan fingerprint density at radius 1 is 1.29 bits per heavy atom. The molecule has 4 rings (SSSR count). The van der Waals surface area contributed by atoms with E-state index in [2.05, 4.69) is 20.8 Å². The van der Waals surface area contributed by atoms with Crippen molar-refractivity contribution in [1.29, 1.82) is 0 Å². The smallest absolute Gasteiger partial charge is 0.270 e. The molecule has 6 nitrogen and oxygen atoms in total. The van der Waals surface area contributed by atoms with Gasteiger partial charge < -0.3 is 9.47 Å². The van der Waals surface area contributed by atoms with Gasteiger partial charge in [0, 0.05) is 32.2 Å². The molecule has 148 valence electrons. The first-order chi connectivity index (χ1) is 13.6. The van der Waals surface area contributed by atoms with E-state index in [0.29, 0.717) is 16.6 Å². The van der Waals surface area contributed by atoms with Gasteiger partial charge in [0.2, 0.25) is 0 Å². The number of thiazole rings is 1. The van der Waals surface area contributed by atoms with Crippen LogP contribution in [0.3, 0.4) is 0 Å². The first-order valence-corrected chi connectivity index (χ1v) is 11.4. The fourth-order valence-corrected chi connectivity index (χ4v) is 5.36. The van der Waals surface area contributed by atoms with Gasteiger partial charge >= 0.3 is 0 Å². The van der Waals surface area contributed by atoms with Gasteiger partial charge in [0.05, 0.1) is 39.2 Å². The van der Waals surface area contributed by atoms with Gasteiger partial charge in [-0.3, -0.25) is 14.6 Å². The molecule has 1 saturated heterocycles. The number of aromatic nitrogens is 1. The number of fused-ring (bicyclic) bond motifs is 1. The quantitative estimate of drug-likeness (QED) is 0.530. The molecule has 0 spiro atoms. The largest absolute Gasteiger partial charge is 0.497 e. The maximum atomic E-state index is 13.2. The van der Waals surface area contributed by atoms with Crippen LogP contribution < -0.4 is 9.64 Å². The molecule has 9 heteroatoms. The van der Waals surface area contributed by atoms with Crippen LogP contribution in [0.1, 0.15) is 9.67 Å². The van der Waals surface area contributed by atoms with Crippen molar-refractivity contribution in [2.45, 2.75) is 0 Å². The molecule has 0 bridgehead atoms.